The van der Waals surface area contributed by atoms with Crippen molar-refractivity contribution in [3.05, 3.63) is 35.0 Å². The second kappa shape index (κ2) is 8.41. The van der Waals surface area contributed by atoms with E-state index in [1.807, 2.05) is 30.3 Å². The molecular weight excluding hydrogens is 400 g/mol. The average molecular weight is 421 g/mol. The Morgan fingerprint density at radius 1 is 0.821 bits per heavy atom. The van der Waals surface area contributed by atoms with Gasteiger partial charge < -0.3 is 29.9 Å². The number of methoxy groups -OCH3 is 4. The second-order valence-electron chi connectivity index (χ2n) is 5.65. The zero-order chi connectivity index (χ0) is 20.3. The summed E-state index contributed by atoms with van der Waals surface area (Å²) < 4.78 is 22.0. The molecule has 0 fully saturated rings. The number of benzene rings is 2. The second-order valence-corrected chi connectivity index (χ2v) is 7.77. The molecule has 0 radical (unpaired) electrons. The Morgan fingerprint density at radius 2 is 1.46 bits per heavy atom. The molecule has 0 saturated heterocycles. The fourth-order valence-electron chi connectivity index (χ4n) is 2.88. The van der Waals surface area contributed by atoms with E-state index in [2.05, 4.69) is 5.16 Å². The normalized spacial score (nSPS) is 11.4. The molecular formula is C19H20N2O5S2. The van der Waals surface area contributed by atoms with Crippen LogP contribution in [0.4, 0.5) is 5.69 Å². The number of hydrogen-bond donors (Lipinski definition) is 2. The molecule has 0 aliphatic rings. The van der Waals surface area contributed by atoms with Crippen molar-refractivity contribution in [3.8, 4) is 44.6 Å². The van der Waals surface area contributed by atoms with Crippen LogP contribution in [0.15, 0.2) is 35.5 Å². The van der Waals surface area contributed by atoms with Crippen molar-refractivity contribution in [2.75, 3.05) is 34.2 Å². The minimum absolute atomic E-state index is 0.476. The van der Waals surface area contributed by atoms with E-state index in [1.165, 1.54) is 20.7 Å². The van der Waals surface area contributed by atoms with Crippen molar-refractivity contribution >= 4 is 26.4 Å². The predicted octanol–water partition coefficient (Wildman–Crippen LogP) is 4.05. The van der Waals surface area contributed by atoms with Crippen LogP contribution in [-0.2, 0) is 0 Å². The Labute approximate surface area is 169 Å². The van der Waals surface area contributed by atoms with Crippen molar-refractivity contribution in [3.63, 3.8) is 0 Å². The quantitative estimate of drug-likeness (QED) is 0.270. The van der Waals surface area contributed by atoms with Gasteiger partial charge in [0.1, 0.15) is 5.75 Å². The largest absolute Gasteiger partial charge is 0.495 e. The maximum Gasteiger partial charge on any atom is 0.203 e. The van der Waals surface area contributed by atoms with Crippen molar-refractivity contribution in [2.45, 2.75) is 0 Å². The summed E-state index contributed by atoms with van der Waals surface area (Å²) in [5.41, 5.74) is 9.01. The van der Waals surface area contributed by atoms with Crippen LogP contribution in [0.1, 0.15) is 0 Å². The van der Waals surface area contributed by atoms with Gasteiger partial charge in [0.15, 0.2) is 16.2 Å². The Kier molecular flexibility index (Phi) is 5.96. The molecule has 3 aromatic rings. The number of nitrogens with two attached hydrogens (primary N) is 1. The number of nitrogens with zero attached hydrogens (tertiary/aromatic N) is 1. The highest BCUT2D eigenvalue weighted by Crippen LogP contribution is 2.44. The molecule has 0 atom stereocenters. The zero-order valence-electron chi connectivity index (χ0n) is 15.8. The maximum atomic E-state index is 9.54. The van der Waals surface area contributed by atoms with E-state index in [-0.39, 0.29) is 0 Å². The molecule has 0 unspecified atom stereocenters. The first kappa shape index (κ1) is 19.8. The number of ether oxygens (including phenoxy) is 4. The fraction of sp³-hybridized carbons (Fsp3) is 0.211. The van der Waals surface area contributed by atoms with E-state index in [4.69, 9.17) is 24.7 Å². The van der Waals surface area contributed by atoms with Gasteiger partial charge in [0.25, 0.3) is 0 Å². The molecule has 148 valence electrons. The van der Waals surface area contributed by atoms with Gasteiger partial charge in [0.2, 0.25) is 5.75 Å². The standard InChI is InChI=1S/C19H20N2O5S2/c1-23-13-6-5-10(7-12(13)20)18-16(19(21-22)28-27-18)11-8-14(24-2)17(26-4)15(9-11)25-3/h5-9,22H,20H2,1-4H3/b21-19+. The molecule has 0 bridgehead atoms. The molecule has 1 heterocycles. The highest BCUT2D eigenvalue weighted by atomic mass is 32.9. The van der Waals surface area contributed by atoms with Crippen molar-refractivity contribution < 1.29 is 24.2 Å². The number of rotatable bonds is 6. The average Bonchev–Trinajstić information content (AvgIpc) is 3.16. The van der Waals surface area contributed by atoms with Crippen molar-refractivity contribution in [1.82, 2.24) is 0 Å². The lowest BCUT2D eigenvalue weighted by atomic mass is 10.0. The van der Waals surface area contributed by atoms with Gasteiger partial charge in [-0.3, -0.25) is 0 Å². The molecule has 2 aromatic carbocycles. The Bertz CT molecular complexity index is 1030. The molecule has 7 nitrogen and oxygen atoms in total. The Morgan fingerprint density at radius 3 is 1.96 bits per heavy atom. The minimum atomic E-state index is 0.476. The maximum absolute atomic E-state index is 9.54. The van der Waals surface area contributed by atoms with Crippen LogP contribution in [0.5, 0.6) is 23.0 Å². The monoisotopic (exact) mass is 420 g/mol. The molecule has 1 aromatic heterocycles. The minimum Gasteiger partial charge on any atom is -0.495 e. The third-order valence-electron chi connectivity index (χ3n) is 4.18. The molecule has 3 rings (SSSR count). The van der Waals surface area contributed by atoms with Crippen LogP contribution < -0.4 is 29.4 Å². The topological polar surface area (TPSA) is 95.5 Å². The van der Waals surface area contributed by atoms with Crippen LogP contribution in [0.3, 0.4) is 0 Å². The van der Waals surface area contributed by atoms with Crippen molar-refractivity contribution in [2.24, 2.45) is 5.16 Å². The summed E-state index contributed by atoms with van der Waals surface area (Å²) in [5, 5.41) is 13.0. The summed E-state index contributed by atoms with van der Waals surface area (Å²) in [7, 11) is 9.08. The van der Waals surface area contributed by atoms with E-state index >= 15 is 0 Å². The molecule has 0 aliphatic heterocycles. The summed E-state index contributed by atoms with van der Waals surface area (Å²) in [4.78, 5) is 0.904. The lowest BCUT2D eigenvalue weighted by Crippen LogP contribution is -2.01. The molecule has 28 heavy (non-hydrogen) atoms. The van der Waals surface area contributed by atoms with Gasteiger partial charge in [-0.1, -0.05) is 25.8 Å². The number of nitrogen functional groups attached to an aromatic ring is 1. The number of anilines is 1. The van der Waals surface area contributed by atoms with Crippen LogP contribution in [0.2, 0.25) is 0 Å². The van der Waals surface area contributed by atoms with Gasteiger partial charge in [0, 0.05) is 5.56 Å². The smallest absolute Gasteiger partial charge is 0.203 e. The summed E-state index contributed by atoms with van der Waals surface area (Å²) in [6.45, 7) is 0. The van der Waals surface area contributed by atoms with Gasteiger partial charge in [0.05, 0.1) is 39.0 Å². The first-order valence-corrected chi connectivity index (χ1v) is 10.3. The van der Waals surface area contributed by atoms with Gasteiger partial charge >= 0.3 is 0 Å². The fourth-order valence-corrected chi connectivity index (χ4v) is 5.34. The molecule has 3 N–H and O–H groups in total. The summed E-state index contributed by atoms with van der Waals surface area (Å²) in [6.07, 6.45) is 0. The molecule has 0 amide bonds. The lowest BCUT2D eigenvalue weighted by molar-refractivity contribution is 0.304. The molecule has 0 spiro atoms. The predicted molar refractivity (Wildman–Crippen MR) is 111 cm³/mol. The van der Waals surface area contributed by atoms with E-state index in [1.54, 1.807) is 28.4 Å². The van der Waals surface area contributed by atoms with E-state index in [0.717, 1.165) is 21.6 Å². The molecule has 9 heteroatoms. The van der Waals surface area contributed by atoms with E-state index in [0.29, 0.717) is 33.4 Å². The van der Waals surface area contributed by atoms with Crippen molar-refractivity contribution in [1.29, 1.82) is 0 Å². The first-order chi connectivity index (χ1) is 13.6. The van der Waals surface area contributed by atoms with Crippen LogP contribution in [0, 0.1) is 0 Å². The number of hydrogen-bond acceptors (Lipinski definition) is 9. The van der Waals surface area contributed by atoms with Crippen LogP contribution in [-0.4, -0.2) is 33.6 Å². The molecule has 0 aliphatic carbocycles. The van der Waals surface area contributed by atoms with Crippen LogP contribution >= 0.6 is 20.7 Å². The zero-order valence-corrected chi connectivity index (χ0v) is 17.4. The Hall–Kier alpha value is -2.91. The summed E-state index contributed by atoms with van der Waals surface area (Å²) in [6, 6.07) is 9.20. The highest BCUT2D eigenvalue weighted by Gasteiger charge is 2.20. The summed E-state index contributed by atoms with van der Waals surface area (Å²) >= 11 is 0. The lowest BCUT2D eigenvalue weighted by Gasteiger charge is -2.14. The van der Waals surface area contributed by atoms with Gasteiger partial charge in [-0.05, 0) is 41.5 Å². The van der Waals surface area contributed by atoms with Gasteiger partial charge in [-0.2, -0.15) is 0 Å². The molecule has 0 saturated carbocycles. The first-order valence-electron chi connectivity index (χ1n) is 8.13. The SMILES string of the molecule is COc1ccc(-c2ss/c(=N/O)c2-c2cc(OC)c(OC)c(OC)c2)cc1N. The highest BCUT2D eigenvalue weighted by molar-refractivity contribution is 7.70. The summed E-state index contributed by atoms with van der Waals surface area (Å²) in [5.74, 6) is 2.12. The van der Waals surface area contributed by atoms with Crippen LogP contribution in [0.25, 0.3) is 21.6 Å². The van der Waals surface area contributed by atoms with E-state index in [9.17, 15) is 5.21 Å². The Balaban J connectivity index is 2.26. The third kappa shape index (κ3) is 3.46. The van der Waals surface area contributed by atoms with E-state index < -0.39 is 0 Å². The van der Waals surface area contributed by atoms with Gasteiger partial charge in [-0.25, -0.2) is 0 Å². The van der Waals surface area contributed by atoms with Gasteiger partial charge in [-0.15, -0.1) is 0 Å². The third-order valence-corrected chi connectivity index (χ3v) is 6.54.